The van der Waals surface area contributed by atoms with Gasteiger partial charge in [-0.15, -0.1) is 0 Å². The number of nitrogens with one attached hydrogen (secondary N) is 1. The maximum atomic E-state index is 11.4. The molecule has 0 saturated heterocycles. The van der Waals surface area contributed by atoms with E-state index in [-0.39, 0.29) is 18.3 Å². The summed E-state index contributed by atoms with van der Waals surface area (Å²) >= 11 is 0. The van der Waals surface area contributed by atoms with Gasteiger partial charge in [-0.05, 0) is 17.7 Å². The van der Waals surface area contributed by atoms with Crippen molar-refractivity contribution in [1.82, 2.24) is 5.32 Å². The largest absolute Gasteiger partial charge is 0.465 e. The second-order valence-electron chi connectivity index (χ2n) is 3.92. The second-order valence-corrected chi connectivity index (χ2v) is 3.92. The van der Waals surface area contributed by atoms with Gasteiger partial charge in [-0.25, -0.2) is 4.79 Å². The van der Waals surface area contributed by atoms with Crippen molar-refractivity contribution < 1.29 is 14.3 Å². The fourth-order valence-corrected chi connectivity index (χ4v) is 1.77. The van der Waals surface area contributed by atoms with Crippen molar-refractivity contribution in [3.05, 3.63) is 35.4 Å². The summed E-state index contributed by atoms with van der Waals surface area (Å²) in [6, 6.07) is 6.91. The number of ether oxygens (including phenoxy) is 1. The van der Waals surface area contributed by atoms with Crippen molar-refractivity contribution in [2.24, 2.45) is 4.99 Å². The van der Waals surface area contributed by atoms with E-state index in [1.807, 2.05) is 0 Å². The van der Waals surface area contributed by atoms with Crippen LogP contribution in [0.3, 0.4) is 0 Å². The van der Waals surface area contributed by atoms with Crippen molar-refractivity contribution in [3.63, 3.8) is 0 Å². The third-order valence-corrected chi connectivity index (χ3v) is 2.70. The van der Waals surface area contributed by atoms with Crippen LogP contribution in [0.5, 0.6) is 0 Å². The molecule has 0 saturated carbocycles. The molecule has 1 aromatic rings. The molecule has 1 aromatic carbocycles. The molecule has 1 aliphatic heterocycles. The number of carbonyl (C=O) groups excluding carboxylic acids is 2. The lowest BCUT2D eigenvalue weighted by Gasteiger charge is -2.04. The lowest BCUT2D eigenvalue weighted by Crippen LogP contribution is -2.24. The summed E-state index contributed by atoms with van der Waals surface area (Å²) in [7, 11) is 1.34. The maximum Gasteiger partial charge on any atom is 0.337 e. The first kappa shape index (κ1) is 12.3. The summed E-state index contributed by atoms with van der Waals surface area (Å²) < 4.78 is 4.63. The molecular formula is C13H14N2O3. The minimum atomic E-state index is -0.373. The Hall–Kier alpha value is -2.17. The summed E-state index contributed by atoms with van der Waals surface area (Å²) in [6.07, 6.45) is 0.275. The summed E-state index contributed by atoms with van der Waals surface area (Å²) in [5.41, 5.74) is 2.10. The molecule has 0 radical (unpaired) electrons. The monoisotopic (exact) mass is 246 g/mol. The number of hydrogen-bond acceptors (Lipinski definition) is 4. The summed E-state index contributed by atoms with van der Waals surface area (Å²) in [4.78, 5) is 27.1. The highest BCUT2D eigenvalue weighted by Crippen LogP contribution is 2.10. The first-order valence-electron chi connectivity index (χ1n) is 5.69. The molecule has 94 valence electrons. The van der Waals surface area contributed by atoms with Crippen LogP contribution in [-0.4, -0.2) is 37.8 Å². The zero-order valence-electron chi connectivity index (χ0n) is 10.1. The number of benzene rings is 1. The highest BCUT2D eigenvalue weighted by atomic mass is 16.5. The third kappa shape index (κ3) is 2.74. The fraction of sp³-hybridized carbons (Fsp3) is 0.308. The molecule has 1 amide bonds. The SMILES string of the molecule is COC(=O)c1ccc(C2=NCCNC(=O)C2)cc1. The smallest absolute Gasteiger partial charge is 0.337 e. The molecule has 1 N–H and O–H groups in total. The number of nitrogens with zero attached hydrogens (tertiary/aromatic N) is 1. The number of esters is 1. The van der Waals surface area contributed by atoms with Gasteiger partial charge in [0.2, 0.25) is 5.91 Å². The van der Waals surface area contributed by atoms with Crippen molar-refractivity contribution in [1.29, 1.82) is 0 Å². The normalized spacial score (nSPS) is 15.4. The predicted octanol–water partition coefficient (Wildman–Crippen LogP) is 0.782. The molecule has 0 unspecified atom stereocenters. The molecule has 5 heteroatoms. The van der Waals surface area contributed by atoms with Gasteiger partial charge >= 0.3 is 5.97 Å². The summed E-state index contributed by atoms with van der Waals surface area (Å²) in [6.45, 7) is 1.16. The third-order valence-electron chi connectivity index (χ3n) is 2.70. The molecule has 0 fully saturated rings. The van der Waals surface area contributed by atoms with Gasteiger partial charge in [0.05, 0.1) is 31.4 Å². The van der Waals surface area contributed by atoms with Crippen molar-refractivity contribution in [2.45, 2.75) is 6.42 Å². The summed E-state index contributed by atoms with van der Waals surface area (Å²) in [5.74, 6) is -0.398. The van der Waals surface area contributed by atoms with E-state index in [2.05, 4.69) is 15.0 Å². The molecule has 0 atom stereocenters. The molecule has 18 heavy (non-hydrogen) atoms. The first-order chi connectivity index (χ1) is 8.70. The van der Waals surface area contributed by atoms with E-state index < -0.39 is 0 Å². The van der Waals surface area contributed by atoms with Crippen LogP contribution in [0, 0.1) is 0 Å². The van der Waals surface area contributed by atoms with E-state index in [0.717, 1.165) is 11.3 Å². The van der Waals surface area contributed by atoms with Crippen LogP contribution in [0.25, 0.3) is 0 Å². The van der Waals surface area contributed by atoms with Crippen LogP contribution < -0.4 is 5.32 Å². The standard InChI is InChI=1S/C13H14N2O3/c1-18-13(17)10-4-2-9(3-5-10)11-8-12(16)15-7-6-14-11/h2-5H,6-8H2,1H3,(H,15,16). The molecule has 5 nitrogen and oxygen atoms in total. The molecule has 1 aliphatic rings. The minimum absolute atomic E-state index is 0.0247. The molecular weight excluding hydrogens is 232 g/mol. The van der Waals surface area contributed by atoms with Gasteiger partial charge in [0.25, 0.3) is 0 Å². The maximum absolute atomic E-state index is 11.4. The van der Waals surface area contributed by atoms with Gasteiger partial charge < -0.3 is 10.1 Å². The highest BCUT2D eigenvalue weighted by molar-refractivity contribution is 6.11. The van der Waals surface area contributed by atoms with Crippen molar-refractivity contribution >= 4 is 17.6 Å². The number of carbonyl (C=O) groups is 2. The Balaban J connectivity index is 2.21. The second kappa shape index (κ2) is 5.44. The predicted molar refractivity (Wildman–Crippen MR) is 66.8 cm³/mol. The van der Waals surface area contributed by atoms with Crippen LogP contribution in [0.15, 0.2) is 29.3 Å². The quantitative estimate of drug-likeness (QED) is 0.784. The van der Waals surface area contributed by atoms with Crippen molar-refractivity contribution in [3.8, 4) is 0 Å². The fourth-order valence-electron chi connectivity index (χ4n) is 1.77. The Kier molecular flexibility index (Phi) is 3.72. The Morgan fingerprint density at radius 2 is 2.06 bits per heavy atom. The summed E-state index contributed by atoms with van der Waals surface area (Å²) in [5, 5.41) is 2.76. The molecule has 2 rings (SSSR count). The molecule has 0 bridgehead atoms. The number of amides is 1. The highest BCUT2D eigenvalue weighted by Gasteiger charge is 2.13. The average molecular weight is 246 g/mol. The minimum Gasteiger partial charge on any atom is -0.465 e. The van der Waals surface area contributed by atoms with Gasteiger partial charge in [-0.3, -0.25) is 9.79 Å². The van der Waals surface area contributed by atoms with Crippen LogP contribution in [0.4, 0.5) is 0 Å². The molecule has 0 aromatic heterocycles. The molecule has 1 heterocycles. The average Bonchev–Trinajstić information content (AvgIpc) is 2.63. The van der Waals surface area contributed by atoms with Crippen LogP contribution >= 0.6 is 0 Å². The van der Waals surface area contributed by atoms with E-state index in [1.54, 1.807) is 24.3 Å². The van der Waals surface area contributed by atoms with E-state index in [1.165, 1.54) is 7.11 Å². The van der Waals surface area contributed by atoms with E-state index in [0.29, 0.717) is 18.7 Å². The zero-order valence-corrected chi connectivity index (χ0v) is 10.1. The number of aliphatic imine (C=N–C) groups is 1. The lowest BCUT2D eigenvalue weighted by atomic mass is 10.0. The zero-order chi connectivity index (χ0) is 13.0. The van der Waals surface area contributed by atoms with Gasteiger partial charge in [-0.2, -0.15) is 0 Å². The molecule has 0 spiro atoms. The molecule has 0 aliphatic carbocycles. The Labute approximate surface area is 105 Å². The van der Waals surface area contributed by atoms with Crippen molar-refractivity contribution in [2.75, 3.05) is 20.2 Å². The van der Waals surface area contributed by atoms with Crippen LogP contribution in [0.2, 0.25) is 0 Å². The van der Waals surface area contributed by atoms with Crippen LogP contribution in [0.1, 0.15) is 22.3 Å². The van der Waals surface area contributed by atoms with E-state index in [9.17, 15) is 9.59 Å². The number of rotatable bonds is 2. The number of hydrogen-bond donors (Lipinski definition) is 1. The van der Waals surface area contributed by atoms with Gasteiger partial charge in [0, 0.05) is 6.54 Å². The van der Waals surface area contributed by atoms with Crippen LogP contribution in [-0.2, 0) is 9.53 Å². The lowest BCUT2D eigenvalue weighted by molar-refractivity contribution is -0.119. The number of methoxy groups -OCH3 is 1. The first-order valence-corrected chi connectivity index (χ1v) is 5.69. The Morgan fingerprint density at radius 3 is 2.72 bits per heavy atom. The Bertz CT molecular complexity index is 491. The van der Waals surface area contributed by atoms with Gasteiger partial charge in [0.15, 0.2) is 0 Å². The van der Waals surface area contributed by atoms with Gasteiger partial charge in [-0.1, -0.05) is 12.1 Å². The van der Waals surface area contributed by atoms with E-state index in [4.69, 9.17) is 0 Å². The van der Waals surface area contributed by atoms with Gasteiger partial charge in [0.1, 0.15) is 0 Å². The topological polar surface area (TPSA) is 67.8 Å². The van der Waals surface area contributed by atoms with E-state index >= 15 is 0 Å². The Morgan fingerprint density at radius 1 is 1.33 bits per heavy atom.